The minimum Gasteiger partial charge on any atom is -0.497 e. The summed E-state index contributed by atoms with van der Waals surface area (Å²) in [5.74, 6) is 1.33. The molecule has 0 amide bonds. The highest BCUT2D eigenvalue weighted by Gasteiger charge is 2.22. The molecule has 0 saturated heterocycles. The summed E-state index contributed by atoms with van der Waals surface area (Å²) in [5, 5.41) is 5.91. The zero-order chi connectivity index (χ0) is 25.5. The molecular weight excluding hydrogens is 472 g/mol. The zero-order valence-electron chi connectivity index (χ0n) is 20.8. The minimum atomic E-state index is -3.76. The summed E-state index contributed by atoms with van der Waals surface area (Å²) in [6.07, 6.45) is 0.467. The molecule has 0 fully saturated rings. The second-order valence-electron chi connectivity index (χ2n) is 8.71. The van der Waals surface area contributed by atoms with Crippen LogP contribution in [0.4, 0.5) is 0 Å². The normalized spacial score (nSPS) is 13.3. The van der Waals surface area contributed by atoms with E-state index in [1.165, 1.54) is 16.3 Å². The van der Waals surface area contributed by atoms with Crippen molar-refractivity contribution in [2.75, 3.05) is 20.8 Å². The van der Waals surface area contributed by atoms with Gasteiger partial charge in [0.15, 0.2) is 0 Å². The summed E-state index contributed by atoms with van der Waals surface area (Å²) < 4.78 is 40.1. The molecule has 0 heterocycles. The molecule has 0 aliphatic carbocycles. The van der Waals surface area contributed by atoms with E-state index in [2.05, 4.69) is 47.3 Å². The quantitative estimate of drug-likeness (QED) is 0.297. The number of nitrogens with one attached hydrogen (secondary N) is 2. The fraction of sp³-hybridized carbons (Fsp3) is 0.241. The van der Waals surface area contributed by atoms with E-state index in [4.69, 9.17) is 9.47 Å². The van der Waals surface area contributed by atoms with Crippen molar-refractivity contribution in [3.8, 4) is 11.5 Å². The molecule has 6 nitrogen and oxygen atoms in total. The van der Waals surface area contributed by atoms with Crippen LogP contribution in [0.25, 0.3) is 10.8 Å². The van der Waals surface area contributed by atoms with Crippen molar-refractivity contribution >= 4 is 20.8 Å². The fourth-order valence-electron chi connectivity index (χ4n) is 4.39. The Morgan fingerprint density at radius 1 is 0.806 bits per heavy atom. The molecule has 0 aliphatic rings. The van der Waals surface area contributed by atoms with Crippen molar-refractivity contribution in [1.29, 1.82) is 0 Å². The number of methoxy groups -OCH3 is 2. The number of para-hydroxylation sites is 1. The lowest BCUT2D eigenvalue weighted by molar-refractivity contribution is 0.404. The Hall–Kier alpha value is -3.39. The van der Waals surface area contributed by atoms with Crippen LogP contribution in [0, 0.1) is 0 Å². The van der Waals surface area contributed by atoms with Crippen molar-refractivity contribution in [3.05, 3.63) is 102 Å². The molecule has 4 aromatic carbocycles. The molecule has 36 heavy (non-hydrogen) atoms. The van der Waals surface area contributed by atoms with Gasteiger partial charge in [-0.25, -0.2) is 13.1 Å². The molecule has 4 rings (SSSR count). The van der Waals surface area contributed by atoms with Crippen LogP contribution in [-0.4, -0.2) is 35.2 Å². The molecule has 2 unspecified atom stereocenters. The van der Waals surface area contributed by atoms with Crippen molar-refractivity contribution in [2.45, 2.75) is 30.3 Å². The van der Waals surface area contributed by atoms with Crippen molar-refractivity contribution in [1.82, 2.24) is 10.0 Å². The highest BCUT2D eigenvalue weighted by Crippen LogP contribution is 2.25. The Morgan fingerprint density at radius 3 is 2.25 bits per heavy atom. The van der Waals surface area contributed by atoms with Gasteiger partial charge in [0.2, 0.25) is 10.0 Å². The topological polar surface area (TPSA) is 76.7 Å². The largest absolute Gasteiger partial charge is 0.497 e. The Labute approximate surface area is 213 Å². The van der Waals surface area contributed by atoms with E-state index >= 15 is 0 Å². The van der Waals surface area contributed by atoms with Gasteiger partial charge in [0.25, 0.3) is 0 Å². The Balaban J connectivity index is 1.57. The maximum absolute atomic E-state index is 13.3. The molecule has 0 bridgehead atoms. The summed E-state index contributed by atoms with van der Waals surface area (Å²) >= 11 is 0. The summed E-state index contributed by atoms with van der Waals surface area (Å²) in [6.45, 7) is 2.53. The molecule has 2 atom stereocenters. The van der Waals surface area contributed by atoms with Crippen LogP contribution in [0.1, 0.15) is 24.1 Å². The van der Waals surface area contributed by atoms with Crippen molar-refractivity contribution < 1.29 is 17.9 Å². The first kappa shape index (κ1) is 25.7. The molecule has 4 aromatic rings. The second-order valence-corrected chi connectivity index (χ2v) is 10.4. The van der Waals surface area contributed by atoms with Crippen LogP contribution in [0.3, 0.4) is 0 Å². The maximum atomic E-state index is 13.3. The first-order chi connectivity index (χ1) is 17.4. The molecular formula is C29H32N2O4S. The number of rotatable bonds is 11. The fourth-order valence-corrected chi connectivity index (χ4v) is 5.63. The lowest BCUT2D eigenvalue weighted by Crippen LogP contribution is -2.44. The van der Waals surface area contributed by atoms with Crippen LogP contribution in [-0.2, 0) is 16.4 Å². The highest BCUT2D eigenvalue weighted by molar-refractivity contribution is 7.89. The molecule has 0 aliphatic heterocycles. The molecule has 0 saturated carbocycles. The predicted octanol–water partition coefficient (Wildman–Crippen LogP) is 5.10. The number of sulfonamides is 1. The minimum absolute atomic E-state index is 0.0155. The van der Waals surface area contributed by atoms with Gasteiger partial charge in [-0.3, -0.25) is 0 Å². The lowest BCUT2D eigenvalue weighted by Gasteiger charge is -2.24. The van der Waals surface area contributed by atoms with Crippen LogP contribution < -0.4 is 19.5 Å². The van der Waals surface area contributed by atoms with Gasteiger partial charge < -0.3 is 14.8 Å². The maximum Gasteiger partial charge on any atom is 0.240 e. The van der Waals surface area contributed by atoms with E-state index in [1.54, 1.807) is 38.5 Å². The van der Waals surface area contributed by atoms with E-state index in [1.807, 2.05) is 36.4 Å². The van der Waals surface area contributed by atoms with Crippen LogP contribution >= 0.6 is 0 Å². The van der Waals surface area contributed by atoms with Crippen molar-refractivity contribution in [3.63, 3.8) is 0 Å². The monoisotopic (exact) mass is 504 g/mol. The molecule has 2 N–H and O–H groups in total. The number of fused-ring (bicyclic) bond motifs is 1. The average molecular weight is 505 g/mol. The first-order valence-corrected chi connectivity index (χ1v) is 13.4. The highest BCUT2D eigenvalue weighted by atomic mass is 32.2. The molecule has 0 radical (unpaired) electrons. The summed E-state index contributed by atoms with van der Waals surface area (Å²) in [6, 6.07) is 28.2. The van der Waals surface area contributed by atoms with Crippen LogP contribution in [0.15, 0.2) is 95.9 Å². The summed E-state index contributed by atoms with van der Waals surface area (Å²) in [7, 11) is -0.587. The van der Waals surface area contributed by atoms with Gasteiger partial charge in [0, 0.05) is 18.6 Å². The van der Waals surface area contributed by atoms with Crippen LogP contribution in [0.5, 0.6) is 11.5 Å². The molecule has 0 aromatic heterocycles. The standard InChI is InChI=1S/C29H32N2O4S/c1-21(27-13-8-11-22-9-4-6-12-28(22)27)30-20-24(19-23-10-5-7-14-29(23)35-3)31-36(32,33)26-17-15-25(34-2)16-18-26/h4-18,21,24,30-31H,19-20H2,1-3H3. The third-order valence-corrected chi connectivity index (χ3v) is 7.85. The van der Waals surface area contributed by atoms with E-state index in [0.29, 0.717) is 18.7 Å². The van der Waals surface area contributed by atoms with E-state index in [9.17, 15) is 8.42 Å². The van der Waals surface area contributed by atoms with Gasteiger partial charge in [0.05, 0.1) is 19.1 Å². The summed E-state index contributed by atoms with van der Waals surface area (Å²) in [4.78, 5) is 0.190. The smallest absolute Gasteiger partial charge is 0.240 e. The third kappa shape index (κ3) is 6.05. The first-order valence-electron chi connectivity index (χ1n) is 11.9. The third-order valence-electron chi connectivity index (χ3n) is 6.31. The number of hydrogen-bond acceptors (Lipinski definition) is 5. The number of hydrogen-bond donors (Lipinski definition) is 2. The number of benzene rings is 4. The predicted molar refractivity (Wildman–Crippen MR) is 144 cm³/mol. The number of ether oxygens (including phenoxy) is 2. The Kier molecular flexibility index (Phi) is 8.25. The lowest BCUT2D eigenvalue weighted by atomic mass is 9.99. The van der Waals surface area contributed by atoms with Crippen molar-refractivity contribution in [2.24, 2.45) is 0 Å². The second kappa shape index (κ2) is 11.6. The molecule has 7 heteroatoms. The van der Waals surface area contributed by atoms with Gasteiger partial charge in [-0.2, -0.15) is 0 Å². The van der Waals surface area contributed by atoms with Crippen LogP contribution in [0.2, 0.25) is 0 Å². The Bertz CT molecular complexity index is 1400. The van der Waals surface area contributed by atoms with Gasteiger partial charge in [0.1, 0.15) is 11.5 Å². The van der Waals surface area contributed by atoms with E-state index in [-0.39, 0.29) is 10.9 Å². The van der Waals surface area contributed by atoms with Gasteiger partial charge >= 0.3 is 0 Å². The van der Waals surface area contributed by atoms with Gasteiger partial charge in [-0.1, -0.05) is 60.7 Å². The summed E-state index contributed by atoms with van der Waals surface area (Å²) in [5.41, 5.74) is 2.10. The Morgan fingerprint density at radius 2 is 1.50 bits per heavy atom. The van der Waals surface area contributed by atoms with Gasteiger partial charge in [-0.05, 0) is 65.6 Å². The molecule has 188 valence electrons. The van der Waals surface area contributed by atoms with E-state index < -0.39 is 16.1 Å². The average Bonchev–Trinajstić information content (AvgIpc) is 2.91. The zero-order valence-corrected chi connectivity index (χ0v) is 21.6. The SMILES string of the molecule is COc1ccc(S(=O)(=O)NC(CNC(C)c2cccc3ccccc23)Cc2ccccc2OC)cc1. The van der Waals surface area contributed by atoms with Gasteiger partial charge in [-0.15, -0.1) is 0 Å². The van der Waals surface area contributed by atoms with E-state index in [0.717, 1.165) is 11.3 Å². The molecule has 0 spiro atoms.